The maximum Gasteiger partial charge on any atom is 0.329 e. The normalized spacial score (nSPS) is 17.5. The molecule has 1 unspecified atom stereocenters. The molecule has 112 valence electrons. The number of anilines is 1. The minimum atomic E-state index is -0.531. The van der Waals surface area contributed by atoms with E-state index in [9.17, 15) is 9.59 Å². The molecule has 1 N–H and O–H groups in total. The molecule has 1 atom stereocenters. The van der Waals surface area contributed by atoms with Crippen molar-refractivity contribution in [3.63, 3.8) is 0 Å². The summed E-state index contributed by atoms with van der Waals surface area (Å²) < 4.78 is 5.08. The number of hydrogen-bond donors (Lipinski definition) is 1. The summed E-state index contributed by atoms with van der Waals surface area (Å²) in [6, 6.07) is 15.5. The first kappa shape index (κ1) is 14.1. The molecular weight excluding hydrogens is 280 g/mol. The van der Waals surface area contributed by atoms with Crippen molar-refractivity contribution in [2.24, 2.45) is 0 Å². The maximum absolute atomic E-state index is 12.5. The van der Waals surface area contributed by atoms with Crippen molar-refractivity contribution in [1.82, 2.24) is 5.32 Å². The molecule has 2 aromatic carbocycles. The van der Waals surface area contributed by atoms with E-state index < -0.39 is 12.1 Å². The minimum absolute atomic E-state index is 0.237. The number of nitrogens with zero attached hydrogens (tertiary/aromatic N) is 1. The van der Waals surface area contributed by atoms with E-state index in [1.807, 2.05) is 30.3 Å². The van der Waals surface area contributed by atoms with Gasteiger partial charge in [-0.15, -0.1) is 0 Å². The highest BCUT2D eigenvalue weighted by molar-refractivity contribution is 6.21. The number of nitrogens with one attached hydrogen (secondary N) is 1. The van der Waals surface area contributed by atoms with Gasteiger partial charge in [-0.3, -0.25) is 4.79 Å². The summed E-state index contributed by atoms with van der Waals surface area (Å²) in [5, 5.41) is 2.74. The van der Waals surface area contributed by atoms with Gasteiger partial charge in [-0.2, -0.15) is 0 Å². The second-order valence-electron chi connectivity index (χ2n) is 5.06. The van der Waals surface area contributed by atoms with Crippen LogP contribution in [0.1, 0.15) is 5.56 Å². The van der Waals surface area contributed by atoms with Crippen LogP contribution in [0.25, 0.3) is 0 Å². The van der Waals surface area contributed by atoms with E-state index in [1.54, 1.807) is 31.4 Å². The highest BCUT2D eigenvalue weighted by atomic mass is 16.5. The Bertz CT molecular complexity index is 683. The predicted molar refractivity (Wildman–Crippen MR) is 82.9 cm³/mol. The van der Waals surface area contributed by atoms with Crippen molar-refractivity contribution < 1.29 is 14.3 Å². The Morgan fingerprint density at radius 1 is 1.05 bits per heavy atom. The maximum atomic E-state index is 12.5. The number of carbonyl (C=O) groups excluding carboxylic acids is 2. The smallest absolute Gasteiger partial charge is 0.329 e. The summed E-state index contributed by atoms with van der Waals surface area (Å²) in [7, 11) is 1.57. The lowest BCUT2D eigenvalue weighted by atomic mass is 10.1. The number of amides is 3. The Morgan fingerprint density at radius 3 is 2.36 bits per heavy atom. The van der Waals surface area contributed by atoms with Crippen molar-refractivity contribution in [2.45, 2.75) is 12.5 Å². The van der Waals surface area contributed by atoms with Crippen LogP contribution in [0.3, 0.4) is 0 Å². The number of hydrogen-bond acceptors (Lipinski definition) is 3. The van der Waals surface area contributed by atoms with Crippen LogP contribution in [0.2, 0.25) is 0 Å². The van der Waals surface area contributed by atoms with Crippen molar-refractivity contribution in [1.29, 1.82) is 0 Å². The van der Waals surface area contributed by atoms with Crippen LogP contribution < -0.4 is 15.0 Å². The standard InChI is InChI=1S/C17H16N2O3/c1-22-14-9-7-13(8-10-14)19-16(20)15(18-17(19)21)11-12-5-3-2-4-6-12/h2-10,15H,11H2,1H3,(H,18,21). The number of benzene rings is 2. The Hall–Kier alpha value is -2.82. The Kier molecular flexibility index (Phi) is 3.78. The molecule has 0 saturated carbocycles. The van der Waals surface area contributed by atoms with Crippen LogP contribution in [0.4, 0.5) is 10.5 Å². The van der Waals surface area contributed by atoms with E-state index >= 15 is 0 Å². The zero-order chi connectivity index (χ0) is 15.5. The van der Waals surface area contributed by atoms with Gasteiger partial charge in [0, 0.05) is 6.42 Å². The van der Waals surface area contributed by atoms with E-state index in [-0.39, 0.29) is 5.91 Å². The summed E-state index contributed by atoms with van der Waals surface area (Å²) in [6.45, 7) is 0. The summed E-state index contributed by atoms with van der Waals surface area (Å²) in [5.74, 6) is 0.440. The molecule has 2 aromatic rings. The van der Waals surface area contributed by atoms with Crippen LogP contribution in [-0.4, -0.2) is 25.1 Å². The SMILES string of the molecule is COc1ccc(N2C(=O)NC(Cc3ccccc3)C2=O)cc1. The first-order valence-electron chi connectivity index (χ1n) is 7.01. The highest BCUT2D eigenvalue weighted by Crippen LogP contribution is 2.23. The third-order valence-corrected chi connectivity index (χ3v) is 3.63. The zero-order valence-corrected chi connectivity index (χ0v) is 12.2. The van der Waals surface area contributed by atoms with Crippen LogP contribution in [-0.2, 0) is 11.2 Å². The number of carbonyl (C=O) groups is 2. The fraction of sp³-hybridized carbons (Fsp3) is 0.176. The number of imide groups is 1. The zero-order valence-electron chi connectivity index (χ0n) is 12.2. The van der Waals surface area contributed by atoms with Crippen LogP contribution in [0.5, 0.6) is 5.75 Å². The molecule has 1 aliphatic heterocycles. The van der Waals surface area contributed by atoms with Gasteiger partial charge in [-0.25, -0.2) is 9.69 Å². The van der Waals surface area contributed by atoms with Gasteiger partial charge in [0.15, 0.2) is 0 Å². The van der Waals surface area contributed by atoms with Crippen molar-refractivity contribution in [3.8, 4) is 5.75 Å². The molecule has 5 nitrogen and oxygen atoms in total. The van der Waals surface area contributed by atoms with Gasteiger partial charge in [0.1, 0.15) is 11.8 Å². The fourth-order valence-corrected chi connectivity index (χ4v) is 2.50. The molecule has 0 bridgehead atoms. The molecule has 0 aliphatic carbocycles. The van der Waals surface area contributed by atoms with E-state index in [0.29, 0.717) is 17.9 Å². The lowest BCUT2D eigenvalue weighted by Gasteiger charge is -2.13. The summed E-state index contributed by atoms with van der Waals surface area (Å²) in [6.07, 6.45) is 0.484. The third kappa shape index (κ3) is 2.65. The van der Waals surface area contributed by atoms with Gasteiger partial charge in [-0.1, -0.05) is 30.3 Å². The van der Waals surface area contributed by atoms with E-state index in [0.717, 1.165) is 5.56 Å². The van der Waals surface area contributed by atoms with Crippen molar-refractivity contribution >= 4 is 17.6 Å². The summed E-state index contributed by atoms with van der Waals surface area (Å²) >= 11 is 0. The molecule has 1 heterocycles. The Balaban J connectivity index is 1.79. The van der Waals surface area contributed by atoms with Crippen LogP contribution in [0, 0.1) is 0 Å². The average molecular weight is 296 g/mol. The van der Waals surface area contributed by atoms with E-state index in [1.165, 1.54) is 4.90 Å². The van der Waals surface area contributed by atoms with E-state index in [4.69, 9.17) is 4.74 Å². The largest absolute Gasteiger partial charge is 0.497 e. The highest BCUT2D eigenvalue weighted by Gasteiger charge is 2.38. The molecule has 0 radical (unpaired) electrons. The molecule has 1 saturated heterocycles. The number of ether oxygens (including phenoxy) is 1. The number of rotatable bonds is 4. The second kappa shape index (κ2) is 5.89. The second-order valence-corrected chi connectivity index (χ2v) is 5.06. The summed E-state index contributed by atoms with van der Waals surface area (Å²) in [4.78, 5) is 25.8. The van der Waals surface area contributed by atoms with Crippen molar-refractivity contribution in [3.05, 3.63) is 60.2 Å². The average Bonchev–Trinajstić information content (AvgIpc) is 2.82. The topological polar surface area (TPSA) is 58.6 Å². The molecule has 3 rings (SSSR count). The molecule has 3 amide bonds. The molecule has 1 aliphatic rings. The Morgan fingerprint density at radius 2 is 1.73 bits per heavy atom. The van der Waals surface area contributed by atoms with E-state index in [2.05, 4.69) is 5.32 Å². The monoisotopic (exact) mass is 296 g/mol. The first-order valence-corrected chi connectivity index (χ1v) is 7.01. The molecule has 5 heteroatoms. The number of methoxy groups -OCH3 is 1. The Labute approximate surface area is 128 Å². The molecule has 1 fully saturated rings. The lowest BCUT2D eigenvalue weighted by Crippen LogP contribution is -2.32. The van der Waals surface area contributed by atoms with Gasteiger partial charge in [0.2, 0.25) is 0 Å². The first-order chi connectivity index (χ1) is 10.7. The molecule has 0 aromatic heterocycles. The van der Waals surface area contributed by atoms with Crippen molar-refractivity contribution in [2.75, 3.05) is 12.0 Å². The fourth-order valence-electron chi connectivity index (χ4n) is 2.50. The number of urea groups is 1. The van der Waals surface area contributed by atoms with Crippen LogP contribution in [0.15, 0.2) is 54.6 Å². The van der Waals surface area contributed by atoms with Crippen LogP contribution >= 0.6 is 0 Å². The quantitative estimate of drug-likeness (QED) is 0.881. The van der Waals surface area contributed by atoms with Gasteiger partial charge in [0.05, 0.1) is 12.8 Å². The predicted octanol–water partition coefficient (Wildman–Crippen LogP) is 2.36. The van der Waals surface area contributed by atoms with Gasteiger partial charge >= 0.3 is 6.03 Å². The lowest BCUT2D eigenvalue weighted by molar-refractivity contribution is -0.118. The molecule has 0 spiro atoms. The van der Waals surface area contributed by atoms with Gasteiger partial charge < -0.3 is 10.1 Å². The van der Waals surface area contributed by atoms with Gasteiger partial charge in [0.25, 0.3) is 5.91 Å². The summed E-state index contributed by atoms with van der Waals surface area (Å²) in [5.41, 5.74) is 1.55. The molecular formula is C17H16N2O3. The third-order valence-electron chi connectivity index (χ3n) is 3.63. The van der Waals surface area contributed by atoms with Gasteiger partial charge in [-0.05, 0) is 29.8 Å². The minimum Gasteiger partial charge on any atom is -0.497 e. The molecule has 22 heavy (non-hydrogen) atoms.